The predicted molar refractivity (Wildman–Crippen MR) is 86.8 cm³/mol. The average Bonchev–Trinajstić information content (AvgIpc) is 2.48. The van der Waals surface area contributed by atoms with Crippen molar-refractivity contribution in [2.24, 2.45) is 0 Å². The lowest BCUT2D eigenvalue weighted by Crippen LogP contribution is -1.98. The number of pyridine rings is 2. The van der Waals surface area contributed by atoms with Gasteiger partial charge in [0.05, 0.1) is 17.1 Å². The zero-order chi connectivity index (χ0) is 13.5. The maximum absolute atomic E-state index is 4.67. The fourth-order valence-corrected chi connectivity index (χ4v) is 2.92. The van der Waals surface area contributed by atoms with Gasteiger partial charge >= 0.3 is 0 Å². The molecule has 2 aromatic rings. The maximum atomic E-state index is 4.67. The van der Waals surface area contributed by atoms with Crippen molar-refractivity contribution in [3.05, 3.63) is 48.3 Å². The Morgan fingerprint density at radius 3 is 2.74 bits per heavy atom. The highest BCUT2D eigenvalue weighted by molar-refractivity contribution is 7.99. The van der Waals surface area contributed by atoms with Gasteiger partial charge in [0.2, 0.25) is 0 Å². The van der Waals surface area contributed by atoms with Crippen LogP contribution >= 0.6 is 24.4 Å². The Labute approximate surface area is 124 Å². The summed E-state index contributed by atoms with van der Waals surface area (Å²) in [5.41, 5.74) is 2.86. The van der Waals surface area contributed by atoms with Gasteiger partial charge < -0.3 is 0 Å². The van der Waals surface area contributed by atoms with Gasteiger partial charge in [0.1, 0.15) is 0 Å². The Morgan fingerprint density at radius 2 is 2.00 bits per heavy atom. The lowest BCUT2D eigenvalue weighted by atomic mass is 10.2. The van der Waals surface area contributed by atoms with Gasteiger partial charge in [0, 0.05) is 11.4 Å². The van der Waals surface area contributed by atoms with Gasteiger partial charge in [0.25, 0.3) is 0 Å². The molecule has 2 aromatic heterocycles. The van der Waals surface area contributed by atoms with Gasteiger partial charge in [-0.15, -0.1) is 0 Å². The van der Waals surface area contributed by atoms with Gasteiger partial charge in [-0.05, 0) is 42.2 Å². The predicted octanol–water partition coefficient (Wildman–Crippen LogP) is 4.26. The van der Waals surface area contributed by atoms with E-state index in [1.165, 1.54) is 0 Å². The van der Waals surface area contributed by atoms with E-state index < -0.39 is 0 Å². The molecule has 0 fully saturated rings. The van der Waals surface area contributed by atoms with E-state index in [9.17, 15) is 0 Å². The maximum Gasteiger partial charge on any atom is 0.0889 e. The van der Waals surface area contributed by atoms with Crippen molar-refractivity contribution in [1.82, 2.24) is 9.97 Å². The van der Waals surface area contributed by atoms with E-state index in [4.69, 9.17) is 0 Å². The second kappa shape index (κ2) is 7.56. The monoisotopic (exact) mass is 290 g/mol. The summed E-state index contributed by atoms with van der Waals surface area (Å²) in [5, 5.41) is 0.197. The van der Waals surface area contributed by atoms with Crippen LogP contribution in [0.15, 0.2) is 42.6 Å². The second-order valence-electron chi connectivity index (χ2n) is 4.16. The molecule has 4 heteroatoms. The number of hydrogen-bond donors (Lipinski definition) is 1. The number of nitrogens with zero attached hydrogens (tertiary/aromatic N) is 2. The van der Waals surface area contributed by atoms with E-state index in [1.807, 2.05) is 48.2 Å². The zero-order valence-corrected chi connectivity index (χ0v) is 12.7. The van der Waals surface area contributed by atoms with E-state index in [-0.39, 0.29) is 5.25 Å². The lowest BCUT2D eigenvalue weighted by Gasteiger charge is -2.11. The van der Waals surface area contributed by atoms with Crippen molar-refractivity contribution in [3.8, 4) is 11.4 Å². The summed E-state index contributed by atoms with van der Waals surface area (Å²) < 4.78 is 0. The van der Waals surface area contributed by atoms with Crippen LogP contribution in [0.2, 0.25) is 0 Å². The van der Waals surface area contributed by atoms with Crippen molar-refractivity contribution in [1.29, 1.82) is 0 Å². The molecule has 0 aliphatic heterocycles. The Kier molecular flexibility index (Phi) is 5.73. The third kappa shape index (κ3) is 4.25. The molecular formula is C15H18N2S2. The summed E-state index contributed by atoms with van der Waals surface area (Å²) in [6, 6.07) is 11.9. The summed E-state index contributed by atoms with van der Waals surface area (Å²) in [7, 11) is 0. The fourth-order valence-electron chi connectivity index (χ4n) is 1.78. The number of aromatic nitrogens is 2. The fraction of sp³-hybridized carbons (Fsp3) is 0.333. The zero-order valence-electron chi connectivity index (χ0n) is 11.0. The molecule has 0 spiro atoms. The van der Waals surface area contributed by atoms with E-state index in [0.717, 1.165) is 35.0 Å². The van der Waals surface area contributed by atoms with Gasteiger partial charge in [-0.3, -0.25) is 9.97 Å². The molecule has 0 aliphatic rings. The molecular weight excluding hydrogens is 272 g/mol. The first-order chi connectivity index (χ1) is 9.31. The van der Waals surface area contributed by atoms with Crippen LogP contribution < -0.4 is 0 Å². The molecule has 0 bridgehead atoms. The van der Waals surface area contributed by atoms with Gasteiger partial charge in [-0.1, -0.05) is 19.1 Å². The first-order valence-corrected chi connectivity index (χ1v) is 8.12. The second-order valence-corrected chi connectivity index (χ2v) is 6.18. The van der Waals surface area contributed by atoms with Crippen LogP contribution in [0.3, 0.4) is 0 Å². The number of hydrogen-bond acceptors (Lipinski definition) is 4. The summed E-state index contributed by atoms with van der Waals surface area (Å²) in [5.74, 6) is 2.28. The molecule has 0 saturated heterocycles. The minimum absolute atomic E-state index is 0.197. The number of rotatable bonds is 6. The highest BCUT2D eigenvalue weighted by Gasteiger charge is 2.09. The minimum atomic E-state index is 0.197. The Bertz CT molecular complexity index is 503. The normalized spacial score (nSPS) is 12.3. The molecule has 100 valence electrons. The largest absolute Gasteiger partial charge is 0.255 e. The van der Waals surface area contributed by atoms with E-state index in [2.05, 4.69) is 29.5 Å². The molecule has 0 aliphatic carbocycles. The molecule has 2 rings (SSSR count). The number of thioether (sulfide) groups is 1. The third-order valence-corrected chi connectivity index (χ3v) is 4.23. The van der Waals surface area contributed by atoms with Crippen LogP contribution in [0.4, 0.5) is 0 Å². The summed E-state index contributed by atoms with van der Waals surface area (Å²) in [6.45, 7) is 2.18. The van der Waals surface area contributed by atoms with Crippen LogP contribution in [-0.4, -0.2) is 21.5 Å². The quantitative estimate of drug-likeness (QED) is 0.636. The standard InChI is InChI=1S/C15H18N2S2/c1-2-19-11-9-15(18)14-8-5-7-13(17-14)12-6-3-4-10-16-12/h3-8,10,15,18H,2,9,11H2,1H3. The van der Waals surface area contributed by atoms with Crippen LogP contribution in [0, 0.1) is 0 Å². The lowest BCUT2D eigenvalue weighted by molar-refractivity contribution is 0.874. The van der Waals surface area contributed by atoms with Crippen LogP contribution in [0.5, 0.6) is 0 Å². The van der Waals surface area contributed by atoms with Crippen molar-refractivity contribution < 1.29 is 0 Å². The molecule has 0 radical (unpaired) electrons. The molecule has 0 saturated carbocycles. The molecule has 2 heterocycles. The van der Waals surface area contributed by atoms with Crippen molar-refractivity contribution >= 4 is 24.4 Å². The summed E-state index contributed by atoms with van der Waals surface area (Å²) in [6.07, 6.45) is 2.83. The average molecular weight is 290 g/mol. The van der Waals surface area contributed by atoms with Crippen LogP contribution in [0.1, 0.15) is 24.3 Å². The summed E-state index contributed by atoms with van der Waals surface area (Å²) >= 11 is 6.60. The SMILES string of the molecule is CCSCCC(S)c1cccc(-c2ccccn2)n1. The molecule has 0 aromatic carbocycles. The highest BCUT2D eigenvalue weighted by atomic mass is 32.2. The van der Waals surface area contributed by atoms with Crippen LogP contribution in [-0.2, 0) is 0 Å². The van der Waals surface area contributed by atoms with E-state index >= 15 is 0 Å². The van der Waals surface area contributed by atoms with Crippen molar-refractivity contribution in [3.63, 3.8) is 0 Å². The van der Waals surface area contributed by atoms with E-state index in [0.29, 0.717) is 0 Å². The van der Waals surface area contributed by atoms with Crippen LogP contribution in [0.25, 0.3) is 11.4 Å². The van der Waals surface area contributed by atoms with Gasteiger partial charge in [-0.2, -0.15) is 24.4 Å². The third-order valence-electron chi connectivity index (χ3n) is 2.78. The minimum Gasteiger partial charge on any atom is -0.255 e. The Hall–Kier alpha value is -1.00. The Morgan fingerprint density at radius 1 is 1.16 bits per heavy atom. The molecule has 1 unspecified atom stereocenters. The van der Waals surface area contributed by atoms with Gasteiger partial charge in [0.15, 0.2) is 0 Å². The molecule has 0 amide bonds. The molecule has 19 heavy (non-hydrogen) atoms. The smallest absolute Gasteiger partial charge is 0.0889 e. The molecule has 1 atom stereocenters. The summed E-state index contributed by atoms with van der Waals surface area (Å²) in [4.78, 5) is 9.01. The topological polar surface area (TPSA) is 25.8 Å². The Balaban J connectivity index is 2.11. The number of thiol groups is 1. The molecule has 0 N–H and O–H groups in total. The van der Waals surface area contributed by atoms with Gasteiger partial charge in [-0.25, -0.2) is 0 Å². The first-order valence-electron chi connectivity index (χ1n) is 6.45. The molecule has 2 nitrogen and oxygen atoms in total. The first kappa shape index (κ1) is 14.4. The van der Waals surface area contributed by atoms with Crippen molar-refractivity contribution in [2.45, 2.75) is 18.6 Å². The van der Waals surface area contributed by atoms with Crippen molar-refractivity contribution in [2.75, 3.05) is 11.5 Å². The van der Waals surface area contributed by atoms with E-state index in [1.54, 1.807) is 6.20 Å². The highest BCUT2D eigenvalue weighted by Crippen LogP contribution is 2.25.